The molecule has 0 unspecified atom stereocenters. The molecule has 0 aliphatic heterocycles. The molecule has 14 heavy (non-hydrogen) atoms. The van der Waals surface area contributed by atoms with Crippen LogP contribution in [0.2, 0.25) is 0 Å². The van der Waals surface area contributed by atoms with Crippen molar-refractivity contribution in [3.63, 3.8) is 0 Å². The molecule has 0 amide bonds. The first-order valence-electron chi connectivity index (χ1n) is 6.14. The fourth-order valence-corrected chi connectivity index (χ4v) is 1.80. The van der Waals surface area contributed by atoms with Crippen LogP contribution in [0, 0.1) is 11.8 Å². The lowest BCUT2D eigenvalue weighted by Crippen LogP contribution is -2.14. The van der Waals surface area contributed by atoms with E-state index in [2.05, 4.69) is 27.7 Å². The van der Waals surface area contributed by atoms with Gasteiger partial charge in [-0.3, -0.25) is 4.79 Å². The van der Waals surface area contributed by atoms with Crippen LogP contribution < -0.4 is 0 Å². The fourth-order valence-electron chi connectivity index (χ4n) is 1.80. The monoisotopic (exact) mass is 198 g/mol. The Balaban J connectivity index is 3.88. The van der Waals surface area contributed by atoms with Crippen LogP contribution in [-0.2, 0) is 4.79 Å². The van der Waals surface area contributed by atoms with Gasteiger partial charge in [-0.05, 0) is 25.2 Å². The summed E-state index contributed by atoms with van der Waals surface area (Å²) < 4.78 is 0. The molecule has 0 saturated heterocycles. The summed E-state index contributed by atoms with van der Waals surface area (Å²) in [5, 5.41) is 0. The molecule has 0 rings (SSSR count). The van der Waals surface area contributed by atoms with E-state index >= 15 is 0 Å². The minimum atomic E-state index is 0.351. The molecule has 0 atom stereocenters. The quantitative estimate of drug-likeness (QED) is 0.571. The standard InChI is InChI=1S/C13H26O/c1-5-7-12(8-6-2)13(14)10-9-11(3)4/h11-12H,5-10H2,1-4H3. The van der Waals surface area contributed by atoms with Crippen molar-refractivity contribution in [3.05, 3.63) is 0 Å². The van der Waals surface area contributed by atoms with Gasteiger partial charge in [0.25, 0.3) is 0 Å². The Hall–Kier alpha value is -0.330. The second kappa shape index (κ2) is 8.02. The number of carbonyl (C=O) groups is 1. The van der Waals surface area contributed by atoms with E-state index in [-0.39, 0.29) is 0 Å². The van der Waals surface area contributed by atoms with Crippen LogP contribution in [0.15, 0.2) is 0 Å². The minimum Gasteiger partial charge on any atom is -0.299 e. The number of hydrogen-bond donors (Lipinski definition) is 0. The Labute approximate surface area is 89.3 Å². The highest BCUT2D eigenvalue weighted by molar-refractivity contribution is 5.80. The van der Waals surface area contributed by atoms with E-state index in [0.717, 1.165) is 38.5 Å². The molecule has 0 aromatic rings. The van der Waals surface area contributed by atoms with Crippen LogP contribution >= 0.6 is 0 Å². The van der Waals surface area contributed by atoms with Gasteiger partial charge in [0.2, 0.25) is 0 Å². The summed E-state index contributed by atoms with van der Waals surface area (Å²) in [6, 6.07) is 0. The maximum atomic E-state index is 11.8. The molecular weight excluding hydrogens is 172 g/mol. The molecular formula is C13H26O. The molecule has 0 N–H and O–H groups in total. The van der Waals surface area contributed by atoms with Gasteiger partial charge in [-0.2, -0.15) is 0 Å². The highest BCUT2D eigenvalue weighted by atomic mass is 16.1. The van der Waals surface area contributed by atoms with Crippen molar-refractivity contribution in [2.75, 3.05) is 0 Å². The average Bonchev–Trinajstić information content (AvgIpc) is 2.14. The van der Waals surface area contributed by atoms with E-state index in [1.54, 1.807) is 0 Å². The lowest BCUT2D eigenvalue weighted by Gasteiger charge is -2.14. The third-order valence-corrected chi connectivity index (χ3v) is 2.70. The fraction of sp³-hybridized carbons (Fsp3) is 0.923. The summed E-state index contributed by atoms with van der Waals surface area (Å²) in [6.45, 7) is 8.70. The van der Waals surface area contributed by atoms with Gasteiger partial charge in [-0.15, -0.1) is 0 Å². The average molecular weight is 198 g/mol. The van der Waals surface area contributed by atoms with E-state index in [1.165, 1.54) is 0 Å². The van der Waals surface area contributed by atoms with Gasteiger partial charge >= 0.3 is 0 Å². The van der Waals surface area contributed by atoms with Crippen molar-refractivity contribution in [3.8, 4) is 0 Å². The number of carbonyl (C=O) groups excluding carboxylic acids is 1. The van der Waals surface area contributed by atoms with Crippen LogP contribution in [0.1, 0.15) is 66.2 Å². The van der Waals surface area contributed by atoms with Crippen molar-refractivity contribution in [2.45, 2.75) is 66.2 Å². The zero-order chi connectivity index (χ0) is 11.0. The Kier molecular flexibility index (Phi) is 7.83. The first-order valence-corrected chi connectivity index (χ1v) is 6.14. The zero-order valence-electron chi connectivity index (χ0n) is 10.3. The Morgan fingerprint density at radius 2 is 1.50 bits per heavy atom. The minimum absolute atomic E-state index is 0.351. The predicted molar refractivity (Wildman–Crippen MR) is 62.4 cm³/mol. The maximum absolute atomic E-state index is 11.8. The Bertz CT molecular complexity index is 143. The van der Waals surface area contributed by atoms with Crippen LogP contribution in [0.3, 0.4) is 0 Å². The van der Waals surface area contributed by atoms with E-state index in [4.69, 9.17) is 0 Å². The summed E-state index contributed by atoms with van der Waals surface area (Å²) in [4.78, 5) is 11.8. The summed E-state index contributed by atoms with van der Waals surface area (Å²) in [6.07, 6.45) is 6.30. The van der Waals surface area contributed by atoms with Crippen LogP contribution in [0.5, 0.6) is 0 Å². The number of hydrogen-bond acceptors (Lipinski definition) is 1. The first-order chi connectivity index (χ1) is 6.61. The maximum Gasteiger partial charge on any atom is 0.135 e. The third-order valence-electron chi connectivity index (χ3n) is 2.70. The molecule has 0 bridgehead atoms. The number of ketones is 1. The molecule has 0 heterocycles. The molecule has 0 radical (unpaired) electrons. The second-order valence-corrected chi connectivity index (χ2v) is 4.67. The molecule has 0 aromatic heterocycles. The summed E-state index contributed by atoms with van der Waals surface area (Å²) in [5.41, 5.74) is 0. The van der Waals surface area contributed by atoms with Crippen molar-refractivity contribution in [2.24, 2.45) is 11.8 Å². The molecule has 0 aliphatic rings. The Morgan fingerprint density at radius 3 is 1.86 bits per heavy atom. The van der Waals surface area contributed by atoms with Crippen molar-refractivity contribution < 1.29 is 4.79 Å². The molecule has 1 nitrogen and oxygen atoms in total. The highest BCUT2D eigenvalue weighted by Crippen LogP contribution is 2.18. The Morgan fingerprint density at radius 1 is 1.00 bits per heavy atom. The SMILES string of the molecule is CCCC(CCC)C(=O)CCC(C)C. The predicted octanol–water partition coefficient (Wildman–Crippen LogP) is 4.21. The van der Waals surface area contributed by atoms with Crippen LogP contribution in [0.25, 0.3) is 0 Å². The second-order valence-electron chi connectivity index (χ2n) is 4.67. The largest absolute Gasteiger partial charge is 0.299 e. The molecule has 0 aromatic carbocycles. The number of rotatable bonds is 8. The lowest BCUT2D eigenvalue weighted by molar-refractivity contribution is -0.123. The summed E-state index contributed by atoms with van der Waals surface area (Å²) in [7, 11) is 0. The van der Waals surface area contributed by atoms with Gasteiger partial charge in [-0.1, -0.05) is 40.5 Å². The molecule has 1 heteroatoms. The summed E-state index contributed by atoms with van der Waals surface area (Å²) in [5.74, 6) is 1.51. The smallest absolute Gasteiger partial charge is 0.135 e. The van der Waals surface area contributed by atoms with E-state index in [1.807, 2.05) is 0 Å². The normalized spacial score (nSPS) is 11.3. The van der Waals surface area contributed by atoms with Gasteiger partial charge < -0.3 is 0 Å². The summed E-state index contributed by atoms with van der Waals surface area (Å²) >= 11 is 0. The highest BCUT2D eigenvalue weighted by Gasteiger charge is 2.16. The van der Waals surface area contributed by atoms with Crippen molar-refractivity contribution >= 4 is 5.78 Å². The lowest BCUT2D eigenvalue weighted by atomic mass is 9.90. The van der Waals surface area contributed by atoms with Gasteiger partial charge in [0.15, 0.2) is 0 Å². The van der Waals surface area contributed by atoms with Crippen molar-refractivity contribution in [1.29, 1.82) is 0 Å². The number of Topliss-reactive ketones (excluding diaryl/α,β-unsaturated/α-hetero) is 1. The topological polar surface area (TPSA) is 17.1 Å². The molecule has 0 aliphatic carbocycles. The van der Waals surface area contributed by atoms with Crippen LogP contribution in [0.4, 0.5) is 0 Å². The van der Waals surface area contributed by atoms with Gasteiger partial charge in [0.05, 0.1) is 0 Å². The third kappa shape index (κ3) is 6.17. The first kappa shape index (κ1) is 13.7. The van der Waals surface area contributed by atoms with E-state index in [0.29, 0.717) is 17.6 Å². The zero-order valence-corrected chi connectivity index (χ0v) is 10.3. The molecule has 84 valence electrons. The van der Waals surface area contributed by atoms with E-state index in [9.17, 15) is 4.79 Å². The molecule has 0 saturated carbocycles. The van der Waals surface area contributed by atoms with Gasteiger partial charge in [0.1, 0.15) is 5.78 Å². The molecule has 0 fully saturated rings. The van der Waals surface area contributed by atoms with Crippen LogP contribution in [-0.4, -0.2) is 5.78 Å². The van der Waals surface area contributed by atoms with Crippen molar-refractivity contribution in [1.82, 2.24) is 0 Å². The van der Waals surface area contributed by atoms with Gasteiger partial charge in [0, 0.05) is 12.3 Å². The van der Waals surface area contributed by atoms with E-state index < -0.39 is 0 Å². The van der Waals surface area contributed by atoms with Gasteiger partial charge in [-0.25, -0.2) is 0 Å². The molecule has 0 spiro atoms.